The third kappa shape index (κ3) is 33.1. The van der Waals surface area contributed by atoms with Crippen LogP contribution in [-0.4, -0.2) is 288 Å². The zero-order valence-electron chi connectivity index (χ0n) is 74.8. The number of cyclic esters (lactones) is 1. The summed E-state index contributed by atoms with van der Waals surface area (Å²) in [6, 6.07) is 2.56. The number of hydrogen-bond donors (Lipinski definition) is 2. The van der Waals surface area contributed by atoms with Gasteiger partial charge in [0.15, 0.2) is 55.3 Å². The topological polar surface area (TPSA) is 575 Å². The van der Waals surface area contributed by atoms with Gasteiger partial charge in [0.05, 0.1) is 44.2 Å². The van der Waals surface area contributed by atoms with Crippen molar-refractivity contribution in [3.05, 3.63) is 58.5 Å². The van der Waals surface area contributed by atoms with Gasteiger partial charge in [-0.2, -0.15) is 0 Å². The molecule has 5 saturated heterocycles. The standard InChI is InChI=1S/C84H117N5O40/c1-17-18-19-20-21-22-23-24-25-26-27-28-32-35-59(122-78(104)57-33-30-29-31-34-57)58(88-89-85)38-111-79-76(120-55(14)102)74(119-54(13)101)69(63(123-79)40-109-46(5)93)125-80-77(121-56(15)103)75(70(117-52(11)99)64(124-80)41-110-47(6)94)129-83(81(105)107-16)36-60(113-48(7)95)67(87-44(3)91)73(127-83)71(118-53(12)100)65-42-112-82(106)84(126-65)37-61(114-49(8)96)66(86-43(2)90)72(128-84)68(116-51(10)98)62(115-50(9)97)39-108-45(4)92/h29-35,58-77,79-80H,17-28,36-42H2,1-16H3,(H,86,90)(H,87,91)/b35-32+/t58-,59+,60-,61-,62+,63+,64+,65+,66+,67+,68+,69+,70-,71+,72+,73+,74-,75-,76+,77+,79+,80-,83-,84+/m0/s1. The molecular formula is C84H117N5O40. The van der Waals surface area contributed by atoms with Gasteiger partial charge in [0.1, 0.15) is 93.5 Å². The van der Waals surface area contributed by atoms with E-state index in [0.717, 1.165) is 149 Å². The lowest BCUT2D eigenvalue weighted by Crippen LogP contribution is -2.74. The van der Waals surface area contributed by atoms with Crippen molar-refractivity contribution < 1.29 is 190 Å². The molecule has 0 unspecified atom stereocenters. The van der Waals surface area contributed by atoms with Crippen LogP contribution < -0.4 is 10.6 Å². The van der Waals surface area contributed by atoms with Gasteiger partial charge in [0.25, 0.3) is 11.6 Å². The van der Waals surface area contributed by atoms with E-state index in [2.05, 4.69) is 27.6 Å². The summed E-state index contributed by atoms with van der Waals surface area (Å²) in [6.45, 7) is 10.0. The molecule has 5 fully saturated rings. The molecule has 1 spiro atoms. The normalized spacial score (nSPS) is 27.6. The minimum absolute atomic E-state index is 0.106. The van der Waals surface area contributed by atoms with Gasteiger partial charge in [-0.15, -0.1) is 0 Å². The molecule has 24 atom stereocenters. The van der Waals surface area contributed by atoms with Crippen LogP contribution in [-0.2, 0) is 186 Å². The fraction of sp³-hybridized carbons (Fsp3) is 0.702. The summed E-state index contributed by atoms with van der Waals surface area (Å²) in [7, 11) is 0.758. The van der Waals surface area contributed by atoms with Crippen molar-refractivity contribution in [2.24, 2.45) is 5.11 Å². The van der Waals surface area contributed by atoms with Gasteiger partial charge >= 0.3 is 89.5 Å². The van der Waals surface area contributed by atoms with E-state index in [4.69, 9.17) is 109 Å². The predicted octanol–water partition coefficient (Wildman–Crippen LogP) is 4.55. The molecule has 0 bridgehead atoms. The summed E-state index contributed by atoms with van der Waals surface area (Å²) in [6.07, 6.45) is -27.1. The SMILES string of the molecule is CCCCCCCCCCCCC/C=C/[C@@H](OC(=O)c1ccccc1)[C@H](CO[C@@H]1O[C@H](COC(C)=O)[C@@H](O[C@@H]2O[C@H](COC(C)=O)[C@H](OC(C)=O)[C@H](O[C@]3(C(=O)OC)C[C@H](OC(C)=O)[C@@H](NC(C)=O)[C@H]([C@H](OC(C)=O)[C@H]4COC(=O)[C@]5(C[C@H](OC(C)=O)[C@@H](NC(C)=O)[C@H]([C@H](OC(C)=O)[C@@H](COC(C)=O)OC(C)=O)O5)O4)O3)[C@H]2OC(C)=O)[C@H](OC(C)=O)[C@H]1OC(C)=O)N=[N+]=[N-]. The van der Waals surface area contributed by atoms with Crippen molar-refractivity contribution in [1.82, 2.24) is 10.6 Å². The maximum atomic E-state index is 15.6. The molecule has 5 aliphatic rings. The van der Waals surface area contributed by atoms with Crippen LogP contribution in [0.25, 0.3) is 10.4 Å². The van der Waals surface area contributed by atoms with E-state index in [1.807, 2.05) is 0 Å². The molecule has 1 aromatic rings. The highest BCUT2D eigenvalue weighted by Crippen LogP contribution is 2.46. The number of allylic oxidation sites excluding steroid dienone is 1. The second-order valence-corrected chi connectivity index (χ2v) is 30.9. The van der Waals surface area contributed by atoms with E-state index in [1.54, 1.807) is 24.3 Å². The van der Waals surface area contributed by atoms with Gasteiger partial charge < -0.3 is 120 Å². The maximum Gasteiger partial charge on any atom is 0.367 e. The molecule has 5 heterocycles. The second-order valence-electron chi connectivity index (χ2n) is 30.9. The van der Waals surface area contributed by atoms with E-state index in [0.29, 0.717) is 6.42 Å². The molecule has 0 aromatic heterocycles. The average molecular weight is 1840 g/mol. The Morgan fingerprint density at radius 2 is 1.02 bits per heavy atom. The van der Waals surface area contributed by atoms with Crippen LogP contribution in [0, 0.1) is 0 Å². The van der Waals surface area contributed by atoms with Crippen molar-refractivity contribution in [3.8, 4) is 0 Å². The molecule has 45 nitrogen and oxygen atoms in total. The van der Waals surface area contributed by atoms with Crippen LogP contribution in [0.15, 0.2) is 47.6 Å². The van der Waals surface area contributed by atoms with E-state index in [-0.39, 0.29) is 5.56 Å². The Morgan fingerprint density at radius 3 is 1.53 bits per heavy atom. The quantitative estimate of drug-likeness (QED) is 0.0172. The maximum absolute atomic E-state index is 15.6. The Labute approximate surface area is 743 Å². The Morgan fingerprint density at radius 1 is 0.519 bits per heavy atom. The van der Waals surface area contributed by atoms with Crippen LogP contribution in [0.5, 0.6) is 0 Å². The second kappa shape index (κ2) is 52.0. The number of unbranched alkanes of at least 4 members (excludes halogenated alkanes) is 11. The predicted molar refractivity (Wildman–Crippen MR) is 429 cm³/mol. The molecule has 2 N–H and O–H groups in total. The lowest BCUT2D eigenvalue weighted by Gasteiger charge is -2.54. The van der Waals surface area contributed by atoms with Crippen molar-refractivity contribution in [2.45, 2.75) is 340 Å². The Bertz CT molecular complexity index is 4120. The van der Waals surface area contributed by atoms with Crippen LogP contribution >= 0.6 is 0 Å². The van der Waals surface area contributed by atoms with Crippen LogP contribution in [0.1, 0.15) is 204 Å². The van der Waals surface area contributed by atoms with Crippen molar-refractivity contribution in [3.63, 3.8) is 0 Å². The number of rotatable bonds is 46. The highest BCUT2D eigenvalue weighted by molar-refractivity contribution is 5.89. The molecule has 129 heavy (non-hydrogen) atoms. The van der Waals surface area contributed by atoms with E-state index < -0.39 is 293 Å². The third-order valence-electron chi connectivity index (χ3n) is 20.2. The smallest absolute Gasteiger partial charge is 0.367 e. The summed E-state index contributed by atoms with van der Waals surface area (Å²) < 4.78 is 139. The molecule has 5 aliphatic heterocycles. The van der Waals surface area contributed by atoms with Gasteiger partial charge in [-0.1, -0.05) is 101 Å². The molecule has 6 rings (SSSR count). The first kappa shape index (κ1) is 107. The number of carbonyl (C=O) groups excluding carboxylic acids is 17. The van der Waals surface area contributed by atoms with Gasteiger partial charge in [0, 0.05) is 102 Å². The number of nitrogens with one attached hydrogen (secondary N) is 2. The van der Waals surface area contributed by atoms with E-state index in [1.165, 1.54) is 43.9 Å². The highest BCUT2D eigenvalue weighted by atomic mass is 16.8. The number of carbonyl (C=O) groups is 17. The number of benzene rings is 1. The fourth-order valence-corrected chi connectivity index (χ4v) is 15.2. The van der Waals surface area contributed by atoms with Gasteiger partial charge in [0.2, 0.25) is 11.8 Å². The molecule has 45 heteroatoms. The Kier molecular flexibility index (Phi) is 43.0. The number of nitrogens with zero attached hydrogens (tertiary/aromatic N) is 3. The molecular weight excluding hydrogens is 1720 g/mol. The number of esters is 15. The van der Waals surface area contributed by atoms with Crippen LogP contribution in [0.4, 0.5) is 0 Å². The molecule has 0 saturated carbocycles. The first-order valence-electron chi connectivity index (χ1n) is 42.1. The third-order valence-corrected chi connectivity index (χ3v) is 20.2. The van der Waals surface area contributed by atoms with Gasteiger partial charge in [-0.25, -0.2) is 14.4 Å². The summed E-state index contributed by atoms with van der Waals surface area (Å²) in [5, 5.41) is 8.97. The number of amides is 2. The number of methoxy groups -OCH3 is 1. The Hall–Kier alpha value is -11.1. The summed E-state index contributed by atoms with van der Waals surface area (Å²) in [4.78, 5) is 235. The van der Waals surface area contributed by atoms with Crippen LogP contribution in [0.3, 0.4) is 0 Å². The molecule has 718 valence electrons. The fourth-order valence-electron chi connectivity index (χ4n) is 15.2. The first-order valence-corrected chi connectivity index (χ1v) is 42.1. The number of hydrogen-bond acceptors (Lipinski definition) is 41. The van der Waals surface area contributed by atoms with Crippen LogP contribution in [0.2, 0.25) is 0 Å². The van der Waals surface area contributed by atoms with Crippen molar-refractivity contribution in [1.29, 1.82) is 0 Å². The minimum Gasteiger partial charge on any atom is -0.465 e. The van der Waals surface area contributed by atoms with E-state index >= 15 is 4.79 Å². The minimum atomic E-state index is -3.43. The van der Waals surface area contributed by atoms with Crippen molar-refractivity contribution >= 4 is 101 Å². The zero-order chi connectivity index (χ0) is 95.6. The van der Waals surface area contributed by atoms with Crippen molar-refractivity contribution in [2.75, 3.05) is 40.1 Å². The molecule has 0 aliphatic carbocycles. The molecule has 1 aromatic carbocycles. The monoisotopic (exact) mass is 1840 g/mol. The highest BCUT2D eigenvalue weighted by Gasteiger charge is 2.68. The lowest BCUT2D eigenvalue weighted by molar-refractivity contribution is -0.390. The summed E-state index contributed by atoms with van der Waals surface area (Å²) in [5.74, 6) is -26.2. The van der Waals surface area contributed by atoms with Gasteiger partial charge in [-0.05, 0) is 36.6 Å². The average Bonchev–Trinajstić information content (AvgIpc) is 0.731. The van der Waals surface area contributed by atoms with E-state index in [9.17, 15) is 82.2 Å². The Balaban J connectivity index is 1.55. The zero-order valence-corrected chi connectivity index (χ0v) is 74.8. The first-order chi connectivity index (χ1) is 61.0. The summed E-state index contributed by atoms with van der Waals surface area (Å²) >= 11 is 0. The lowest BCUT2D eigenvalue weighted by atomic mass is 9.86. The largest absolute Gasteiger partial charge is 0.465 e. The number of ether oxygens (including phenoxy) is 23. The molecule has 0 radical (unpaired) electrons. The summed E-state index contributed by atoms with van der Waals surface area (Å²) in [5.41, 5.74) is 10.3. The molecule has 2 amide bonds. The number of azide groups is 1. The van der Waals surface area contributed by atoms with Gasteiger partial charge in [-0.3, -0.25) is 67.1 Å².